The molecule has 0 aliphatic carbocycles. The molecule has 3 aromatic heterocycles. The number of carbonyl (C=O) groups is 1. The third-order valence-corrected chi connectivity index (χ3v) is 4.60. The van der Waals surface area contributed by atoms with Crippen LogP contribution in [0.2, 0.25) is 9.36 Å². The minimum atomic E-state index is -0.655. The van der Waals surface area contributed by atoms with Gasteiger partial charge in [-0.3, -0.25) is 4.79 Å². The first-order valence-electron chi connectivity index (χ1n) is 6.86. The van der Waals surface area contributed by atoms with Crippen molar-refractivity contribution < 1.29 is 14.1 Å². The third-order valence-electron chi connectivity index (χ3n) is 3.09. The molecule has 0 spiro atoms. The Balaban J connectivity index is 1.68. The number of halogens is 2. The first kappa shape index (κ1) is 17.4. The van der Waals surface area contributed by atoms with Crippen LogP contribution in [0.3, 0.4) is 0 Å². The maximum Gasteiger partial charge on any atom is 0.408 e. The molecule has 25 heavy (non-hydrogen) atoms. The molecule has 0 amide bonds. The van der Waals surface area contributed by atoms with Crippen molar-refractivity contribution >= 4 is 52.2 Å². The number of rotatable bonds is 6. The maximum atomic E-state index is 12.0. The number of allylic oxidation sites excluding steroid dienone is 1. The monoisotopic (exact) mass is 397 g/mol. The fourth-order valence-corrected chi connectivity index (χ4v) is 3.19. The van der Waals surface area contributed by atoms with Gasteiger partial charge in [0.25, 0.3) is 0 Å². The lowest BCUT2D eigenvalue weighted by Gasteiger charge is -1.92. The average Bonchev–Trinajstić information content (AvgIpc) is 3.26. The lowest BCUT2D eigenvalue weighted by molar-refractivity contribution is -0.389. The van der Waals surface area contributed by atoms with E-state index >= 15 is 0 Å². The van der Waals surface area contributed by atoms with Crippen molar-refractivity contribution in [2.45, 2.75) is 6.54 Å². The summed E-state index contributed by atoms with van der Waals surface area (Å²) in [4.78, 5) is 22.6. The Hall–Kier alpha value is -2.42. The zero-order valence-corrected chi connectivity index (χ0v) is 14.7. The van der Waals surface area contributed by atoms with Gasteiger partial charge in [-0.15, -0.1) is 11.3 Å². The van der Waals surface area contributed by atoms with E-state index in [1.807, 2.05) is 0 Å². The molecule has 0 unspecified atom stereocenters. The predicted molar refractivity (Wildman–Crippen MR) is 94.4 cm³/mol. The lowest BCUT2D eigenvalue weighted by Crippen LogP contribution is -2.00. The Bertz CT molecular complexity index is 973. The molecule has 10 heteroatoms. The van der Waals surface area contributed by atoms with Gasteiger partial charge in [-0.25, -0.2) is 0 Å². The molecular weight excluding hydrogens is 389 g/mol. The van der Waals surface area contributed by atoms with Crippen LogP contribution in [0, 0.1) is 10.1 Å². The first-order valence-corrected chi connectivity index (χ1v) is 8.43. The number of nitrogens with zero attached hydrogens (tertiary/aromatic N) is 3. The fourth-order valence-electron chi connectivity index (χ4n) is 2.01. The van der Waals surface area contributed by atoms with Crippen LogP contribution in [-0.2, 0) is 6.54 Å². The van der Waals surface area contributed by atoms with Gasteiger partial charge in [0.15, 0.2) is 10.8 Å². The number of hydrogen-bond acceptors (Lipinski definition) is 6. The van der Waals surface area contributed by atoms with E-state index in [4.69, 9.17) is 27.6 Å². The van der Waals surface area contributed by atoms with Gasteiger partial charge in [0, 0.05) is 0 Å². The molecule has 7 nitrogen and oxygen atoms in total. The summed E-state index contributed by atoms with van der Waals surface area (Å²) in [6.07, 6.45) is 4.28. The van der Waals surface area contributed by atoms with Crippen LogP contribution >= 0.6 is 34.5 Å². The van der Waals surface area contributed by atoms with Gasteiger partial charge in [-0.1, -0.05) is 23.2 Å². The number of hydrogen-bond donors (Lipinski definition) is 0. The Morgan fingerprint density at radius 3 is 2.80 bits per heavy atom. The van der Waals surface area contributed by atoms with Crippen molar-refractivity contribution in [3.8, 4) is 0 Å². The molecule has 0 radical (unpaired) electrons. The van der Waals surface area contributed by atoms with E-state index in [0.717, 1.165) is 0 Å². The summed E-state index contributed by atoms with van der Waals surface area (Å²) in [6.45, 7) is 0.176. The zero-order valence-electron chi connectivity index (χ0n) is 12.4. The van der Waals surface area contributed by atoms with Crippen LogP contribution in [0.5, 0.6) is 0 Å². The summed E-state index contributed by atoms with van der Waals surface area (Å²) in [5.74, 6) is 0.400. The second-order valence-electron chi connectivity index (χ2n) is 4.86. The maximum absolute atomic E-state index is 12.0. The van der Waals surface area contributed by atoms with Crippen LogP contribution in [0.25, 0.3) is 6.08 Å². The van der Waals surface area contributed by atoms with E-state index in [9.17, 15) is 14.9 Å². The Kier molecular flexibility index (Phi) is 5.03. The van der Waals surface area contributed by atoms with Gasteiger partial charge in [0.1, 0.15) is 18.1 Å². The number of carbonyl (C=O) groups excluding carboxylic acids is 1. The molecule has 3 heterocycles. The SMILES string of the molecule is O=C(/C=C/c1ccc(Cn2cc(Cl)c([N+](=O)[O-])n2)o1)c1ccc(Cl)s1. The average molecular weight is 398 g/mol. The normalized spacial score (nSPS) is 11.3. The molecule has 0 aliphatic heterocycles. The van der Waals surface area contributed by atoms with Gasteiger partial charge in [-0.05, 0) is 41.3 Å². The Labute approximate surface area is 155 Å². The van der Waals surface area contributed by atoms with Crippen LogP contribution in [0.4, 0.5) is 5.82 Å². The summed E-state index contributed by atoms with van der Waals surface area (Å²) in [7, 11) is 0. The smallest absolute Gasteiger partial charge is 0.408 e. The van der Waals surface area contributed by atoms with E-state index < -0.39 is 10.7 Å². The molecule has 0 bridgehead atoms. The van der Waals surface area contributed by atoms with Crippen molar-refractivity contribution in [3.63, 3.8) is 0 Å². The van der Waals surface area contributed by atoms with E-state index in [-0.39, 0.29) is 17.4 Å². The van der Waals surface area contributed by atoms with E-state index in [0.29, 0.717) is 20.7 Å². The molecular formula is C15H9Cl2N3O4S. The van der Waals surface area contributed by atoms with Crippen LogP contribution < -0.4 is 0 Å². The minimum absolute atomic E-state index is 0.0446. The molecule has 0 fully saturated rings. The van der Waals surface area contributed by atoms with Gasteiger partial charge < -0.3 is 14.5 Å². The van der Waals surface area contributed by atoms with E-state index in [2.05, 4.69) is 5.10 Å². The lowest BCUT2D eigenvalue weighted by atomic mass is 10.3. The van der Waals surface area contributed by atoms with Crippen LogP contribution in [-0.4, -0.2) is 20.5 Å². The zero-order chi connectivity index (χ0) is 18.0. The molecule has 0 atom stereocenters. The highest BCUT2D eigenvalue weighted by Gasteiger charge is 2.19. The van der Waals surface area contributed by atoms with Gasteiger partial charge in [-0.2, -0.15) is 4.68 Å². The van der Waals surface area contributed by atoms with Crippen molar-refractivity contribution in [1.29, 1.82) is 0 Å². The van der Waals surface area contributed by atoms with E-state index in [1.165, 1.54) is 34.4 Å². The number of aromatic nitrogens is 2. The number of nitro groups is 1. The molecule has 0 N–H and O–H groups in total. The summed E-state index contributed by atoms with van der Waals surface area (Å²) in [6, 6.07) is 6.68. The van der Waals surface area contributed by atoms with Gasteiger partial charge in [0.2, 0.25) is 0 Å². The van der Waals surface area contributed by atoms with Crippen molar-refractivity contribution in [3.05, 3.63) is 72.4 Å². The standard InChI is InChI=1S/C15H9Cl2N3O4S/c16-11-8-19(18-15(11)20(22)23)7-10-2-1-9(24-10)3-4-12(21)13-5-6-14(17)25-13/h1-6,8H,7H2/b4-3+. The number of ketones is 1. The van der Waals surface area contributed by atoms with E-state index in [1.54, 1.807) is 24.3 Å². The highest BCUT2D eigenvalue weighted by molar-refractivity contribution is 7.18. The molecule has 0 saturated heterocycles. The van der Waals surface area contributed by atoms with Crippen molar-refractivity contribution in [1.82, 2.24) is 9.78 Å². The molecule has 3 aromatic rings. The fraction of sp³-hybridized carbons (Fsp3) is 0.0667. The molecule has 0 saturated carbocycles. The minimum Gasteiger partial charge on any atom is -0.460 e. The molecule has 3 rings (SSSR count). The molecule has 0 aliphatic rings. The predicted octanol–water partition coefficient (Wildman–Crippen LogP) is 4.70. The third kappa shape index (κ3) is 4.16. The second-order valence-corrected chi connectivity index (χ2v) is 6.98. The first-order chi connectivity index (χ1) is 11.9. The molecule has 128 valence electrons. The second kappa shape index (κ2) is 7.22. The topological polar surface area (TPSA) is 91.2 Å². The highest BCUT2D eigenvalue weighted by atomic mass is 35.5. The van der Waals surface area contributed by atoms with Crippen LogP contribution in [0.15, 0.2) is 41.0 Å². The molecule has 0 aromatic carbocycles. The van der Waals surface area contributed by atoms with Crippen molar-refractivity contribution in [2.75, 3.05) is 0 Å². The summed E-state index contributed by atoms with van der Waals surface area (Å²) >= 11 is 12.7. The Morgan fingerprint density at radius 2 is 2.16 bits per heavy atom. The highest BCUT2D eigenvalue weighted by Crippen LogP contribution is 2.23. The van der Waals surface area contributed by atoms with Gasteiger partial charge >= 0.3 is 5.82 Å². The van der Waals surface area contributed by atoms with Crippen LogP contribution in [0.1, 0.15) is 21.2 Å². The summed E-state index contributed by atoms with van der Waals surface area (Å²) in [5, 5.41) is 14.5. The Morgan fingerprint density at radius 1 is 1.36 bits per heavy atom. The number of thiophene rings is 1. The quantitative estimate of drug-likeness (QED) is 0.260. The summed E-state index contributed by atoms with van der Waals surface area (Å²) < 4.78 is 7.41. The number of furan rings is 1. The van der Waals surface area contributed by atoms with Gasteiger partial charge in [0.05, 0.1) is 20.5 Å². The summed E-state index contributed by atoms with van der Waals surface area (Å²) in [5.41, 5.74) is 0. The largest absolute Gasteiger partial charge is 0.460 e. The van der Waals surface area contributed by atoms with Crippen molar-refractivity contribution in [2.24, 2.45) is 0 Å².